The third kappa shape index (κ3) is 4.32. The average molecular weight is 453 g/mol. The van der Waals surface area contributed by atoms with E-state index in [0.717, 1.165) is 66.6 Å². The topological polar surface area (TPSA) is 93.4 Å². The van der Waals surface area contributed by atoms with Gasteiger partial charge in [-0.15, -0.1) is 0 Å². The van der Waals surface area contributed by atoms with Gasteiger partial charge in [0.15, 0.2) is 5.65 Å². The molecule has 0 atom stereocenters. The normalized spacial score (nSPS) is 25.8. The molecule has 5 rings (SSSR count). The van der Waals surface area contributed by atoms with Crippen molar-refractivity contribution < 1.29 is 9.63 Å². The quantitative estimate of drug-likeness (QED) is 0.678. The van der Waals surface area contributed by atoms with Crippen LogP contribution in [0.1, 0.15) is 83.6 Å². The van der Waals surface area contributed by atoms with E-state index in [-0.39, 0.29) is 17.4 Å². The molecule has 0 bridgehead atoms. The van der Waals surface area contributed by atoms with Crippen molar-refractivity contribution in [3.63, 3.8) is 0 Å². The Hall–Kier alpha value is -2.64. The van der Waals surface area contributed by atoms with Crippen LogP contribution in [0.3, 0.4) is 0 Å². The summed E-state index contributed by atoms with van der Waals surface area (Å²) < 4.78 is 1.95. The number of pyridine rings is 1. The van der Waals surface area contributed by atoms with Crippen molar-refractivity contribution in [2.75, 3.05) is 11.9 Å². The molecule has 178 valence electrons. The van der Waals surface area contributed by atoms with Crippen molar-refractivity contribution in [2.45, 2.75) is 96.2 Å². The van der Waals surface area contributed by atoms with Crippen LogP contribution in [0.4, 0.5) is 5.69 Å². The monoisotopic (exact) mass is 452 g/mol. The Kier molecular flexibility index (Phi) is 6.25. The van der Waals surface area contributed by atoms with Crippen molar-refractivity contribution in [2.24, 2.45) is 11.1 Å². The van der Waals surface area contributed by atoms with Crippen LogP contribution in [0.2, 0.25) is 0 Å². The zero-order valence-electron chi connectivity index (χ0n) is 19.9. The van der Waals surface area contributed by atoms with Crippen molar-refractivity contribution in [3.05, 3.63) is 18.0 Å². The lowest BCUT2D eigenvalue weighted by molar-refractivity contribution is -0.128. The number of rotatable bonds is 6. The molecular weight excluding hydrogens is 416 g/mol. The number of hydrogen-bond donors (Lipinski definition) is 2. The first-order valence-electron chi connectivity index (χ1n) is 12.8. The number of amides is 1. The van der Waals surface area contributed by atoms with Gasteiger partial charge in [0, 0.05) is 43.2 Å². The number of aromatic nitrogens is 3. The van der Waals surface area contributed by atoms with E-state index in [2.05, 4.69) is 27.8 Å². The Bertz CT molecular complexity index is 1030. The van der Waals surface area contributed by atoms with Gasteiger partial charge in [0.25, 0.3) is 0 Å². The zero-order valence-corrected chi connectivity index (χ0v) is 19.9. The number of fused-ring (bicyclic) bond motifs is 1. The van der Waals surface area contributed by atoms with Gasteiger partial charge in [-0.05, 0) is 52.4 Å². The van der Waals surface area contributed by atoms with Crippen LogP contribution in [-0.4, -0.2) is 44.6 Å². The summed E-state index contributed by atoms with van der Waals surface area (Å²) in [6.07, 6.45) is 14.3. The third-order valence-corrected chi connectivity index (χ3v) is 7.69. The highest BCUT2D eigenvalue weighted by atomic mass is 16.7. The Morgan fingerprint density at radius 1 is 1.15 bits per heavy atom. The van der Waals surface area contributed by atoms with Gasteiger partial charge in [-0.3, -0.25) is 4.79 Å². The molecule has 2 saturated carbocycles. The molecule has 2 aromatic heterocycles. The smallest absolute Gasteiger partial charge is 0.223 e. The number of hydrogen-bond acceptors (Lipinski definition) is 6. The second kappa shape index (κ2) is 9.31. The summed E-state index contributed by atoms with van der Waals surface area (Å²) in [6, 6.07) is 0.470. The minimum atomic E-state index is -0.289. The second-order valence-corrected chi connectivity index (χ2v) is 9.88. The zero-order chi connectivity index (χ0) is 22.8. The van der Waals surface area contributed by atoms with Gasteiger partial charge >= 0.3 is 0 Å². The third-order valence-electron chi connectivity index (χ3n) is 7.69. The van der Waals surface area contributed by atoms with E-state index in [1.807, 2.05) is 24.0 Å². The van der Waals surface area contributed by atoms with E-state index in [0.29, 0.717) is 12.6 Å². The molecule has 1 spiro atoms. The summed E-state index contributed by atoms with van der Waals surface area (Å²) in [7, 11) is 0. The summed E-state index contributed by atoms with van der Waals surface area (Å²) in [5, 5.41) is 17.0. The number of aryl methyl sites for hydroxylation is 1. The highest BCUT2D eigenvalue weighted by Gasteiger charge is 2.44. The maximum atomic E-state index is 12.3. The van der Waals surface area contributed by atoms with Gasteiger partial charge in [0.05, 0.1) is 23.0 Å². The van der Waals surface area contributed by atoms with Crippen molar-refractivity contribution in [1.82, 2.24) is 20.1 Å². The minimum Gasteiger partial charge on any atom is -0.389 e. The van der Waals surface area contributed by atoms with Gasteiger partial charge in [-0.25, -0.2) is 9.67 Å². The molecule has 3 aliphatic rings. The summed E-state index contributed by atoms with van der Waals surface area (Å²) in [6.45, 7) is 5.53. The molecule has 0 radical (unpaired) electrons. The van der Waals surface area contributed by atoms with E-state index >= 15 is 0 Å². The number of oxime groups is 1. The highest BCUT2D eigenvalue weighted by Crippen LogP contribution is 2.43. The average Bonchev–Trinajstić information content (AvgIpc) is 3.45. The van der Waals surface area contributed by atoms with Gasteiger partial charge in [0.1, 0.15) is 5.60 Å². The second-order valence-electron chi connectivity index (χ2n) is 9.88. The number of carbonyl (C=O) groups excluding carboxylic acids is 1. The lowest BCUT2D eigenvalue weighted by Gasteiger charge is -2.34. The predicted octanol–water partition coefficient (Wildman–Crippen LogP) is 4.39. The first-order valence-corrected chi connectivity index (χ1v) is 12.8. The van der Waals surface area contributed by atoms with Crippen LogP contribution in [0.5, 0.6) is 0 Å². The lowest BCUT2D eigenvalue weighted by atomic mass is 9.75. The van der Waals surface area contributed by atoms with Crippen LogP contribution < -0.4 is 10.6 Å². The summed E-state index contributed by atoms with van der Waals surface area (Å²) >= 11 is 0. The van der Waals surface area contributed by atoms with E-state index in [9.17, 15) is 4.79 Å². The molecule has 2 aliphatic carbocycles. The first kappa shape index (κ1) is 22.2. The van der Waals surface area contributed by atoms with Crippen LogP contribution in [0.25, 0.3) is 11.0 Å². The fourth-order valence-electron chi connectivity index (χ4n) is 5.74. The highest BCUT2D eigenvalue weighted by molar-refractivity contribution is 6.10. The standard InChI is InChI=1S/C25H36N6O2/c1-3-26-24(32)17-10-12-25(13-11-17)14-21(30-33-25)19-15-27-23-20(16-28-31(23)4-2)22(19)29-18-8-6-5-7-9-18/h15-18H,3-14H2,1-2H3,(H,26,32)(H,27,29). The minimum absolute atomic E-state index is 0.0876. The van der Waals surface area contributed by atoms with E-state index < -0.39 is 0 Å². The summed E-state index contributed by atoms with van der Waals surface area (Å²) in [5.41, 5.74) is 3.72. The number of carbonyl (C=O) groups is 1. The maximum absolute atomic E-state index is 12.3. The van der Waals surface area contributed by atoms with Gasteiger partial charge in [-0.1, -0.05) is 24.4 Å². The summed E-state index contributed by atoms with van der Waals surface area (Å²) in [4.78, 5) is 23.1. The molecule has 2 fully saturated rings. The number of nitrogens with zero attached hydrogens (tertiary/aromatic N) is 4. The molecule has 1 aliphatic heterocycles. The molecule has 3 heterocycles. The fraction of sp³-hybridized carbons (Fsp3) is 0.680. The largest absolute Gasteiger partial charge is 0.389 e. The van der Waals surface area contributed by atoms with Crippen LogP contribution in [0, 0.1) is 5.92 Å². The molecule has 1 amide bonds. The van der Waals surface area contributed by atoms with E-state index in [4.69, 9.17) is 9.82 Å². The molecule has 8 heteroatoms. The molecule has 0 unspecified atom stereocenters. The molecule has 8 nitrogen and oxygen atoms in total. The Labute approximate surface area is 195 Å². The number of anilines is 1. The van der Waals surface area contributed by atoms with Crippen LogP contribution in [0.15, 0.2) is 17.5 Å². The lowest BCUT2D eigenvalue weighted by Crippen LogP contribution is -2.40. The van der Waals surface area contributed by atoms with E-state index in [1.165, 1.54) is 32.1 Å². The van der Waals surface area contributed by atoms with Crippen molar-refractivity contribution >= 4 is 28.3 Å². The van der Waals surface area contributed by atoms with Gasteiger partial charge in [0.2, 0.25) is 5.91 Å². The predicted molar refractivity (Wildman–Crippen MR) is 129 cm³/mol. The molecular formula is C25H36N6O2. The fourth-order valence-corrected chi connectivity index (χ4v) is 5.74. The molecule has 0 aromatic carbocycles. The SMILES string of the molecule is CCNC(=O)C1CCC2(CC1)CC(c1cnc3c(cnn3CC)c1NC1CCCCC1)=NO2. The van der Waals surface area contributed by atoms with Crippen LogP contribution in [-0.2, 0) is 16.2 Å². The molecule has 2 N–H and O–H groups in total. The van der Waals surface area contributed by atoms with Crippen LogP contribution >= 0.6 is 0 Å². The van der Waals surface area contributed by atoms with Crippen molar-refractivity contribution in [1.29, 1.82) is 0 Å². The Morgan fingerprint density at radius 2 is 1.94 bits per heavy atom. The maximum Gasteiger partial charge on any atom is 0.223 e. The number of nitrogens with one attached hydrogen (secondary N) is 2. The first-order chi connectivity index (χ1) is 16.1. The summed E-state index contributed by atoms with van der Waals surface area (Å²) in [5.74, 6) is 0.262. The van der Waals surface area contributed by atoms with Crippen molar-refractivity contribution in [3.8, 4) is 0 Å². The van der Waals surface area contributed by atoms with Gasteiger partial charge in [-0.2, -0.15) is 5.10 Å². The Morgan fingerprint density at radius 3 is 2.67 bits per heavy atom. The van der Waals surface area contributed by atoms with Gasteiger partial charge < -0.3 is 15.5 Å². The Balaban J connectivity index is 1.38. The molecule has 2 aromatic rings. The van der Waals surface area contributed by atoms with E-state index in [1.54, 1.807) is 0 Å². The molecule has 0 saturated heterocycles. The molecule has 33 heavy (non-hydrogen) atoms.